The number of ether oxygens (including phenoxy) is 1. The van der Waals surface area contributed by atoms with Crippen LogP contribution in [0.15, 0.2) is 42.6 Å². The SMILES string of the molecule is Cc1c(-c2cccc(N3CCOCC3)c2)cnc2c1N(Cc1c(F)ccc(F)c1Cl)CCN2. The van der Waals surface area contributed by atoms with Gasteiger partial charge in [0.1, 0.15) is 17.5 Å². The first-order valence-electron chi connectivity index (χ1n) is 11.1. The monoisotopic (exact) mass is 470 g/mol. The summed E-state index contributed by atoms with van der Waals surface area (Å²) in [4.78, 5) is 9.00. The highest BCUT2D eigenvalue weighted by Crippen LogP contribution is 2.39. The maximum Gasteiger partial charge on any atom is 0.149 e. The molecule has 2 aromatic carbocycles. The van der Waals surface area contributed by atoms with Crippen molar-refractivity contribution in [1.29, 1.82) is 0 Å². The molecule has 8 heteroatoms. The van der Waals surface area contributed by atoms with Gasteiger partial charge in [-0.25, -0.2) is 13.8 Å². The van der Waals surface area contributed by atoms with Crippen molar-refractivity contribution >= 4 is 28.8 Å². The van der Waals surface area contributed by atoms with Crippen molar-refractivity contribution in [2.24, 2.45) is 0 Å². The van der Waals surface area contributed by atoms with Gasteiger partial charge >= 0.3 is 0 Å². The van der Waals surface area contributed by atoms with Gasteiger partial charge in [-0.05, 0) is 42.3 Å². The maximum absolute atomic E-state index is 14.5. The molecule has 5 rings (SSSR count). The Balaban J connectivity index is 1.52. The zero-order valence-corrected chi connectivity index (χ0v) is 19.1. The molecule has 2 aliphatic heterocycles. The predicted octanol–water partition coefficient (Wildman–Crippen LogP) is 5.26. The van der Waals surface area contributed by atoms with Crippen LogP contribution in [-0.2, 0) is 11.3 Å². The summed E-state index contributed by atoms with van der Waals surface area (Å²) in [7, 11) is 0. The first-order valence-corrected chi connectivity index (χ1v) is 11.4. The predicted molar refractivity (Wildman–Crippen MR) is 128 cm³/mol. The largest absolute Gasteiger partial charge is 0.378 e. The van der Waals surface area contributed by atoms with Crippen molar-refractivity contribution in [2.45, 2.75) is 13.5 Å². The number of benzene rings is 2. The number of rotatable bonds is 4. The van der Waals surface area contributed by atoms with Crippen LogP contribution in [0.5, 0.6) is 0 Å². The van der Waals surface area contributed by atoms with E-state index in [-0.39, 0.29) is 17.1 Å². The lowest BCUT2D eigenvalue weighted by molar-refractivity contribution is 0.122. The van der Waals surface area contributed by atoms with E-state index in [0.717, 1.165) is 72.3 Å². The van der Waals surface area contributed by atoms with Gasteiger partial charge in [-0.15, -0.1) is 0 Å². The summed E-state index contributed by atoms with van der Waals surface area (Å²) < 4.78 is 34.0. The molecule has 0 unspecified atom stereocenters. The smallest absolute Gasteiger partial charge is 0.149 e. The molecule has 0 radical (unpaired) electrons. The van der Waals surface area contributed by atoms with Crippen LogP contribution in [0.4, 0.5) is 26.0 Å². The summed E-state index contributed by atoms with van der Waals surface area (Å²) in [5.74, 6) is -0.395. The fourth-order valence-corrected chi connectivity index (χ4v) is 4.79. The van der Waals surface area contributed by atoms with Crippen molar-refractivity contribution in [3.05, 3.63) is 70.4 Å². The number of aromatic nitrogens is 1. The van der Waals surface area contributed by atoms with Gasteiger partial charge in [0.25, 0.3) is 0 Å². The minimum Gasteiger partial charge on any atom is -0.378 e. The van der Waals surface area contributed by atoms with Crippen molar-refractivity contribution in [3.8, 4) is 11.1 Å². The lowest BCUT2D eigenvalue weighted by atomic mass is 9.99. The van der Waals surface area contributed by atoms with Crippen LogP contribution in [0.3, 0.4) is 0 Å². The fourth-order valence-electron chi connectivity index (χ4n) is 4.58. The van der Waals surface area contributed by atoms with Gasteiger partial charge in [0.15, 0.2) is 0 Å². The third-order valence-electron chi connectivity index (χ3n) is 6.32. The molecule has 1 saturated heterocycles. The molecule has 1 N–H and O–H groups in total. The number of hydrogen-bond acceptors (Lipinski definition) is 5. The Hall–Kier alpha value is -2.90. The lowest BCUT2D eigenvalue weighted by Crippen LogP contribution is -2.36. The highest BCUT2D eigenvalue weighted by molar-refractivity contribution is 6.31. The Kier molecular flexibility index (Phi) is 6.08. The molecule has 1 fully saturated rings. The molecular weight excluding hydrogens is 446 g/mol. The van der Waals surface area contributed by atoms with Crippen molar-refractivity contribution in [3.63, 3.8) is 0 Å². The molecule has 0 aliphatic carbocycles. The van der Waals surface area contributed by atoms with E-state index < -0.39 is 11.6 Å². The first-order chi connectivity index (χ1) is 16.0. The van der Waals surface area contributed by atoms with E-state index >= 15 is 0 Å². The molecule has 2 aliphatic rings. The maximum atomic E-state index is 14.5. The zero-order valence-electron chi connectivity index (χ0n) is 18.4. The molecular formula is C25H25ClF2N4O. The van der Waals surface area contributed by atoms with Crippen LogP contribution in [0, 0.1) is 18.6 Å². The molecule has 1 aromatic heterocycles. The van der Waals surface area contributed by atoms with Crippen LogP contribution in [0.1, 0.15) is 11.1 Å². The summed E-state index contributed by atoms with van der Waals surface area (Å²) in [6, 6.07) is 10.6. The van der Waals surface area contributed by atoms with Gasteiger partial charge in [0.2, 0.25) is 0 Å². The fraction of sp³-hybridized carbons (Fsp3) is 0.320. The highest BCUT2D eigenvalue weighted by atomic mass is 35.5. The minimum atomic E-state index is -0.619. The van der Waals surface area contributed by atoms with Crippen molar-refractivity contribution < 1.29 is 13.5 Å². The van der Waals surface area contributed by atoms with E-state index in [1.807, 2.05) is 18.0 Å². The van der Waals surface area contributed by atoms with E-state index in [0.29, 0.717) is 13.1 Å². The molecule has 0 saturated carbocycles. The van der Waals surface area contributed by atoms with Crippen LogP contribution in [0.2, 0.25) is 5.02 Å². The number of hydrogen-bond donors (Lipinski definition) is 1. The van der Waals surface area contributed by atoms with Gasteiger partial charge in [-0.3, -0.25) is 0 Å². The molecule has 33 heavy (non-hydrogen) atoms. The quantitative estimate of drug-likeness (QED) is 0.527. The summed E-state index contributed by atoms with van der Waals surface area (Å²) in [5, 5.41) is 3.15. The van der Waals surface area contributed by atoms with Crippen LogP contribution in [0.25, 0.3) is 11.1 Å². The van der Waals surface area contributed by atoms with Crippen LogP contribution >= 0.6 is 11.6 Å². The molecule has 0 spiro atoms. The van der Waals surface area contributed by atoms with E-state index in [1.54, 1.807) is 0 Å². The number of fused-ring (bicyclic) bond motifs is 1. The summed E-state index contributed by atoms with van der Waals surface area (Å²) >= 11 is 6.12. The van der Waals surface area contributed by atoms with E-state index in [4.69, 9.17) is 16.3 Å². The number of nitrogens with one attached hydrogen (secondary N) is 1. The second-order valence-corrected chi connectivity index (χ2v) is 8.69. The lowest BCUT2D eigenvalue weighted by Gasteiger charge is -2.34. The third kappa shape index (κ3) is 4.23. The number of halogens is 3. The Bertz CT molecular complexity index is 1180. The van der Waals surface area contributed by atoms with E-state index in [1.165, 1.54) is 0 Å². The average Bonchev–Trinajstić information content (AvgIpc) is 2.85. The molecule has 3 heterocycles. The van der Waals surface area contributed by atoms with Gasteiger partial charge in [-0.1, -0.05) is 23.7 Å². The summed E-state index contributed by atoms with van der Waals surface area (Å²) in [6.45, 7) is 6.66. The van der Waals surface area contributed by atoms with Crippen LogP contribution in [-0.4, -0.2) is 44.4 Å². The Morgan fingerprint density at radius 1 is 1.09 bits per heavy atom. The Morgan fingerprint density at radius 3 is 2.70 bits per heavy atom. The molecule has 5 nitrogen and oxygen atoms in total. The van der Waals surface area contributed by atoms with Gasteiger partial charge < -0.3 is 19.9 Å². The normalized spacial score (nSPS) is 15.9. The minimum absolute atomic E-state index is 0.156. The Labute approximate surface area is 196 Å². The molecule has 3 aromatic rings. The second kappa shape index (κ2) is 9.15. The zero-order chi connectivity index (χ0) is 22.9. The average molecular weight is 471 g/mol. The number of pyridine rings is 1. The first kappa shape index (κ1) is 21.9. The molecule has 0 bridgehead atoms. The standard InChI is InChI=1S/C25H25ClF2N4O/c1-16-19(17-3-2-4-18(13-17)31-9-11-33-12-10-31)14-30-25-24(16)32(8-7-29-25)15-20-21(27)5-6-22(28)23(20)26/h2-6,13-14H,7-12,15H2,1H3,(H,29,30). The molecule has 172 valence electrons. The van der Waals surface area contributed by atoms with Gasteiger partial charge in [0.05, 0.1) is 23.9 Å². The topological polar surface area (TPSA) is 40.6 Å². The highest BCUT2D eigenvalue weighted by Gasteiger charge is 2.25. The van der Waals surface area contributed by atoms with Gasteiger partial charge in [-0.2, -0.15) is 0 Å². The number of morpholine rings is 1. The van der Waals surface area contributed by atoms with E-state index in [2.05, 4.69) is 39.5 Å². The van der Waals surface area contributed by atoms with E-state index in [9.17, 15) is 8.78 Å². The van der Waals surface area contributed by atoms with Crippen LogP contribution < -0.4 is 15.1 Å². The molecule has 0 amide bonds. The third-order valence-corrected chi connectivity index (χ3v) is 6.73. The Morgan fingerprint density at radius 2 is 1.88 bits per heavy atom. The van der Waals surface area contributed by atoms with Crippen molar-refractivity contribution in [1.82, 2.24) is 4.98 Å². The number of nitrogens with zero attached hydrogens (tertiary/aromatic N) is 3. The van der Waals surface area contributed by atoms with Crippen molar-refractivity contribution in [2.75, 3.05) is 54.5 Å². The molecule has 0 atom stereocenters. The summed E-state index contributed by atoms with van der Waals surface area (Å²) in [5.41, 5.74) is 5.28. The van der Waals surface area contributed by atoms with Gasteiger partial charge in [0, 0.05) is 55.7 Å². The number of anilines is 3. The second-order valence-electron chi connectivity index (χ2n) is 8.31. The summed E-state index contributed by atoms with van der Waals surface area (Å²) in [6.07, 6.45) is 1.87.